The zero-order valence-electron chi connectivity index (χ0n) is 17.5. The predicted octanol–water partition coefficient (Wildman–Crippen LogP) is 4.87. The van der Waals surface area contributed by atoms with Crippen LogP contribution in [0, 0.1) is 0 Å². The van der Waals surface area contributed by atoms with Gasteiger partial charge in [-0.05, 0) is 35.4 Å². The van der Waals surface area contributed by atoms with Crippen molar-refractivity contribution in [2.45, 2.75) is 11.8 Å². The molecule has 0 radical (unpaired) electrons. The Morgan fingerprint density at radius 2 is 1.56 bits per heavy atom. The number of amides is 1. The normalized spacial score (nSPS) is 16.2. The van der Waals surface area contributed by atoms with Gasteiger partial charge in [0.2, 0.25) is 5.91 Å². The zero-order chi connectivity index (χ0) is 25.5. The minimum Gasteiger partial charge on any atom is -0.335 e. The van der Waals surface area contributed by atoms with Crippen LogP contribution in [-0.4, -0.2) is 56.3 Å². The number of benzene rings is 2. The molecule has 0 saturated carbocycles. The Kier molecular flexibility index (Phi) is 7.17. The highest BCUT2D eigenvalue weighted by Crippen LogP contribution is 2.38. The Morgan fingerprint density at radius 1 is 1.03 bits per heavy atom. The van der Waals surface area contributed by atoms with Gasteiger partial charge in [0, 0.05) is 21.9 Å². The second kappa shape index (κ2) is 9.31. The monoisotopic (exact) mass is 537 g/mol. The van der Waals surface area contributed by atoms with Gasteiger partial charge in [0.25, 0.3) is 0 Å². The molecule has 1 amide bonds. The van der Waals surface area contributed by atoms with Crippen molar-refractivity contribution in [3.63, 3.8) is 0 Å². The van der Waals surface area contributed by atoms with Gasteiger partial charge in [-0.3, -0.25) is 9.59 Å². The summed E-state index contributed by atoms with van der Waals surface area (Å²) in [6.45, 7) is -0.745. The van der Waals surface area contributed by atoms with Crippen LogP contribution in [0.4, 0.5) is 17.6 Å². The number of sulfone groups is 1. The highest BCUT2D eigenvalue weighted by atomic mass is 35.5. The number of rotatable bonds is 6. The number of alkyl halides is 4. The van der Waals surface area contributed by atoms with E-state index in [2.05, 4.69) is 0 Å². The van der Waals surface area contributed by atoms with Crippen molar-refractivity contribution < 1.29 is 35.6 Å². The molecule has 1 saturated heterocycles. The third kappa shape index (κ3) is 6.17. The molecule has 1 aliphatic heterocycles. The maximum Gasteiger partial charge on any atom is 0.417 e. The summed E-state index contributed by atoms with van der Waals surface area (Å²) in [6, 6.07) is 8.15. The number of likely N-dealkylation sites (tertiary alicyclic amines) is 1. The first-order chi connectivity index (χ1) is 15.6. The molecule has 0 spiro atoms. The average Bonchev–Trinajstić information content (AvgIpc) is 2.66. The van der Waals surface area contributed by atoms with E-state index in [0.717, 1.165) is 23.3 Å². The van der Waals surface area contributed by atoms with Gasteiger partial charge in [0.05, 0.1) is 18.7 Å². The van der Waals surface area contributed by atoms with E-state index in [4.69, 9.17) is 23.2 Å². The fourth-order valence-electron chi connectivity index (χ4n) is 3.42. The summed E-state index contributed by atoms with van der Waals surface area (Å²) < 4.78 is 78.3. The molecule has 0 N–H and O–H groups in total. The van der Waals surface area contributed by atoms with Gasteiger partial charge in [-0.1, -0.05) is 47.5 Å². The predicted molar refractivity (Wildman–Crippen MR) is 120 cm³/mol. The Morgan fingerprint density at radius 3 is 2.03 bits per heavy atom. The first-order valence-electron chi connectivity index (χ1n) is 9.62. The summed E-state index contributed by atoms with van der Waals surface area (Å²) in [5.74, 6) is -2.43. The number of hydrogen-bond acceptors (Lipinski definition) is 4. The molecule has 0 unspecified atom stereocenters. The Bertz CT molecular complexity index is 1250. The molecule has 0 aliphatic carbocycles. The molecule has 1 fully saturated rings. The summed E-state index contributed by atoms with van der Waals surface area (Å²) in [7, 11) is -3.56. The van der Waals surface area contributed by atoms with Gasteiger partial charge in [-0.25, -0.2) is 12.8 Å². The third-order valence-electron chi connectivity index (χ3n) is 5.06. The zero-order valence-corrected chi connectivity index (χ0v) is 19.8. The van der Waals surface area contributed by atoms with E-state index >= 15 is 4.39 Å². The number of ketones is 1. The van der Waals surface area contributed by atoms with Crippen molar-refractivity contribution in [1.29, 1.82) is 0 Å². The maximum atomic E-state index is 15.1. The molecule has 12 heteroatoms. The molecule has 1 heterocycles. The summed E-state index contributed by atoms with van der Waals surface area (Å²) in [4.78, 5) is 25.4. The first-order valence-corrected chi connectivity index (χ1v) is 12.4. The Hall–Kier alpha value is -2.43. The lowest BCUT2D eigenvalue weighted by Crippen LogP contribution is -2.59. The van der Waals surface area contributed by atoms with E-state index < -0.39 is 44.7 Å². The van der Waals surface area contributed by atoms with Gasteiger partial charge in [-0.15, -0.1) is 0 Å². The van der Waals surface area contributed by atoms with Crippen molar-refractivity contribution >= 4 is 50.3 Å². The Balaban J connectivity index is 1.79. The largest absolute Gasteiger partial charge is 0.417 e. The van der Waals surface area contributed by atoms with Crippen molar-refractivity contribution in [1.82, 2.24) is 4.90 Å². The SMILES string of the molecule is CS(=O)(=O)CC(=O)N1CC(F)(c2ccc(C(=O)C=C(c3cc(Cl)cc(Cl)c3)C(F)(F)F)cc2)C1. The number of halogens is 6. The van der Waals surface area contributed by atoms with Gasteiger partial charge < -0.3 is 4.90 Å². The van der Waals surface area contributed by atoms with Gasteiger partial charge in [0.1, 0.15) is 5.75 Å². The van der Waals surface area contributed by atoms with Gasteiger partial charge >= 0.3 is 6.18 Å². The van der Waals surface area contributed by atoms with Crippen molar-refractivity contribution in [2.24, 2.45) is 0 Å². The van der Waals surface area contributed by atoms with E-state index in [-0.39, 0.29) is 39.8 Å². The summed E-state index contributed by atoms with van der Waals surface area (Å²) >= 11 is 11.6. The van der Waals surface area contributed by atoms with Gasteiger partial charge in [-0.2, -0.15) is 13.2 Å². The van der Waals surface area contributed by atoms with E-state index in [0.29, 0.717) is 6.08 Å². The minimum atomic E-state index is -4.87. The lowest BCUT2D eigenvalue weighted by molar-refractivity contribution is -0.143. The van der Waals surface area contributed by atoms with Crippen LogP contribution in [0.5, 0.6) is 0 Å². The first kappa shape index (κ1) is 26.2. The quantitative estimate of drug-likeness (QED) is 0.299. The van der Waals surface area contributed by atoms with Crippen LogP contribution in [0.3, 0.4) is 0 Å². The molecule has 0 aromatic heterocycles. The minimum absolute atomic E-state index is 0.0349. The number of nitrogens with zero attached hydrogens (tertiary/aromatic N) is 1. The smallest absolute Gasteiger partial charge is 0.335 e. The van der Waals surface area contributed by atoms with Crippen LogP contribution in [0.15, 0.2) is 48.5 Å². The number of allylic oxidation sites excluding steroid dienone is 2. The van der Waals surface area contributed by atoms with Crippen molar-refractivity contribution in [2.75, 3.05) is 25.1 Å². The summed E-state index contributed by atoms with van der Waals surface area (Å²) in [6.07, 6.45) is -3.57. The molecule has 2 aromatic carbocycles. The van der Waals surface area contributed by atoms with E-state index in [1.54, 1.807) is 0 Å². The Labute approximate surface area is 202 Å². The third-order valence-corrected chi connectivity index (χ3v) is 6.27. The maximum absolute atomic E-state index is 15.1. The molecular formula is C22H17Cl2F4NO4S. The van der Waals surface area contributed by atoms with Gasteiger partial charge in [0.15, 0.2) is 21.3 Å². The van der Waals surface area contributed by atoms with E-state index in [1.165, 1.54) is 30.3 Å². The molecule has 1 aliphatic rings. The second-order valence-corrected chi connectivity index (χ2v) is 11.0. The summed E-state index contributed by atoms with van der Waals surface area (Å²) in [5.41, 5.74) is -3.60. The van der Waals surface area contributed by atoms with Crippen LogP contribution >= 0.6 is 23.2 Å². The molecule has 182 valence electrons. The average molecular weight is 538 g/mol. The molecule has 2 aromatic rings. The molecule has 5 nitrogen and oxygen atoms in total. The lowest BCUT2D eigenvalue weighted by Gasteiger charge is -2.44. The number of carbonyl (C=O) groups is 2. The van der Waals surface area contributed by atoms with Crippen molar-refractivity contribution in [3.8, 4) is 0 Å². The van der Waals surface area contributed by atoms with Crippen LogP contribution in [0.2, 0.25) is 10.0 Å². The standard InChI is InChI=1S/C22H17Cl2F4NO4S/c1-34(32,33)10-20(31)29-11-21(25,12-29)15-4-2-13(3-5-15)19(30)9-18(22(26,27)28)14-6-16(23)8-17(24)7-14/h2-9H,10-12H2,1H3. The second-order valence-electron chi connectivity index (χ2n) is 7.94. The van der Waals surface area contributed by atoms with Crippen LogP contribution in [-0.2, 0) is 20.3 Å². The van der Waals surface area contributed by atoms with E-state index in [1.807, 2.05) is 0 Å². The molecule has 0 atom stereocenters. The lowest BCUT2D eigenvalue weighted by atomic mass is 9.87. The van der Waals surface area contributed by atoms with E-state index in [9.17, 15) is 31.2 Å². The van der Waals surface area contributed by atoms with Crippen LogP contribution < -0.4 is 0 Å². The van der Waals surface area contributed by atoms with Crippen molar-refractivity contribution in [3.05, 3.63) is 75.3 Å². The molecule has 34 heavy (non-hydrogen) atoms. The molecule has 0 bridgehead atoms. The fourth-order valence-corrected chi connectivity index (χ4v) is 4.58. The van der Waals surface area contributed by atoms with Crippen LogP contribution in [0.25, 0.3) is 5.57 Å². The number of carbonyl (C=O) groups excluding carboxylic acids is 2. The highest BCUT2D eigenvalue weighted by molar-refractivity contribution is 7.91. The molecular weight excluding hydrogens is 521 g/mol. The highest BCUT2D eigenvalue weighted by Gasteiger charge is 2.47. The fraction of sp³-hybridized carbons (Fsp3) is 0.273. The van der Waals surface area contributed by atoms with Crippen LogP contribution in [0.1, 0.15) is 21.5 Å². The summed E-state index contributed by atoms with van der Waals surface area (Å²) in [5, 5.41) is -0.0699. The number of hydrogen-bond donors (Lipinski definition) is 0. The molecule has 3 rings (SSSR count). The topological polar surface area (TPSA) is 71.5 Å².